The Morgan fingerprint density at radius 2 is 1.75 bits per heavy atom. The van der Waals surface area contributed by atoms with E-state index in [0.29, 0.717) is 4.47 Å². The van der Waals surface area contributed by atoms with Crippen molar-refractivity contribution in [3.05, 3.63) is 64.1 Å². The molecule has 2 N–H and O–H groups in total. The average molecular weight is 423 g/mol. The van der Waals surface area contributed by atoms with E-state index in [1.165, 1.54) is 0 Å². The molecule has 0 radical (unpaired) electrons. The molecule has 0 aliphatic rings. The molecular formula is C17H19BrClF2NO2. The van der Waals surface area contributed by atoms with Crippen LogP contribution in [0.15, 0.2) is 46.9 Å². The number of aliphatic hydroxyl groups excluding tert-OH is 1. The zero-order valence-corrected chi connectivity index (χ0v) is 15.4. The Labute approximate surface area is 154 Å². The summed E-state index contributed by atoms with van der Waals surface area (Å²) in [5, 5.41) is 13.0. The number of hydrogen-bond acceptors (Lipinski definition) is 3. The molecule has 0 bridgehead atoms. The van der Waals surface area contributed by atoms with Crippen LogP contribution >= 0.6 is 28.3 Å². The van der Waals surface area contributed by atoms with Crippen LogP contribution in [0.1, 0.15) is 18.5 Å². The van der Waals surface area contributed by atoms with Crippen LogP contribution in [0.3, 0.4) is 0 Å². The molecule has 0 aliphatic heterocycles. The molecule has 2 aromatic rings. The average Bonchev–Trinajstić information content (AvgIpc) is 2.52. The molecule has 24 heavy (non-hydrogen) atoms. The number of nitrogens with one attached hydrogen (secondary N) is 1. The van der Waals surface area contributed by atoms with Gasteiger partial charge in [0.15, 0.2) is 17.4 Å². The molecule has 0 aliphatic carbocycles. The molecule has 0 amide bonds. The van der Waals surface area contributed by atoms with E-state index in [1.807, 2.05) is 37.3 Å². The van der Waals surface area contributed by atoms with E-state index in [9.17, 15) is 13.9 Å². The van der Waals surface area contributed by atoms with Crippen molar-refractivity contribution < 1.29 is 18.6 Å². The van der Waals surface area contributed by atoms with Gasteiger partial charge >= 0.3 is 0 Å². The topological polar surface area (TPSA) is 41.5 Å². The van der Waals surface area contributed by atoms with Crippen LogP contribution < -0.4 is 10.1 Å². The molecule has 2 unspecified atom stereocenters. The summed E-state index contributed by atoms with van der Waals surface area (Å²) in [6, 6.07) is 12.0. The van der Waals surface area contributed by atoms with Gasteiger partial charge in [-0.2, -0.15) is 0 Å². The van der Waals surface area contributed by atoms with Crippen molar-refractivity contribution in [3.63, 3.8) is 0 Å². The maximum absolute atomic E-state index is 13.6. The summed E-state index contributed by atoms with van der Waals surface area (Å²) in [7, 11) is 0. The minimum Gasteiger partial charge on any atom is -0.485 e. The standard InChI is InChI=1S/C17H18BrF2NO2.ClH/c1-11(12-5-3-2-4-6-12)21-9-14(22)10-23-17-15(19)7-13(18)8-16(17)20;/h2-8,11,14,21-22H,9-10H2,1H3;1H. The third-order valence-corrected chi connectivity index (χ3v) is 3.80. The Bertz CT molecular complexity index is 623. The van der Waals surface area contributed by atoms with Crippen molar-refractivity contribution in [2.45, 2.75) is 19.1 Å². The fraction of sp³-hybridized carbons (Fsp3) is 0.294. The zero-order chi connectivity index (χ0) is 16.8. The van der Waals surface area contributed by atoms with Crippen LogP contribution in [0.25, 0.3) is 0 Å². The second-order valence-electron chi connectivity index (χ2n) is 5.20. The van der Waals surface area contributed by atoms with Crippen LogP contribution in [-0.2, 0) is 0 Å². The van der Waals surface area contributed by atoms with Gasteiger partial charge in [-0.1, -0.05) is 46.3 Å². The lowest BCUT2D eigenvalue weighted by Crippen LogP contribution is -2.33. The predicted molar refractivity (Wildman–Crippen MR) is 95.7 cm³/mol. The normalized spacial score (nSPS) is 13.0. The molecule has 0 heterocycles. The van der Waals surface area contributed by atoms with E-state index in [4.69, 9.17) is 4.74 Å². The van der Waals surface area contributed by atoms with Gasteiger partial charge in [-0.05, 0) is 24.6 Å². The Kier molecular flexibility index (Phi) is 8.62. The van der Waals surface area contributed by atoms with Gasteiger partial charge < -0.3 is 15.2 Å². The van der Waals surface area contributed by atoms with E-state index in [2.05, 4.69) is 21.2 Å². The van der Waals surface area contributed by atoms with Crippen molar-refractivity contribution in [2.24, 2.45) is 0 Å². The van der Waals surface area contributed by atoms with E-state index in [-0.39, 0.29) is 31.6 Å². The number of halogens is 4. The summed E-state index contributed by atoms with van der Waals surface area (Å²) in [5.41, 5.74) is 1.09. The molecule has 0 aromatic heterocycles. The molecule has 0 fully saturated rings. The molecule has 0 spiro atoms. The van der Waals surface area contributed by atoms with Gasteiger partial charge in [0.1, 0.15) is 12.7 Å². The predicted octanol–water partition coefficient (Wildman–Crippen LogP) is 4.24. The maximum atomic E-state index is 13.6. The first kappa shape index (κ1) is 20.8. The molecule has 2 rings (SSSR count). The fourth-order valence-corrected chi connectivity index (χ4v) is 2.48. The molecule has 2 aromatic carbocycles. The van der Waals surface area contributed by atoms with Crippen LogP contribution in [-0.4, -0.2) is 24.4 Å². The molecule has 3 nitrogen and oxygen atoms in total. The Balaban J connectivity index is 0.00000288. The summed E-state index contributed by atoms with van der Waals surface area (Å²) < 4.78 is 32.6. The van der Waals surface area contributed by atoms with Crippen molar-refractivity contribution in [2.75, 3.05) is 13.2 Å². The second kappa shape index (κ2) is 9.93. The summed E-state index contributed by atoms with van der Waals surface area (Å²) in [6.45, 7) is 2.01. The molecular weight excluding hydrogens is 404 g/mol. The number of benzene rings is 2. The molecule has 132 valence electrons. The van der Waals surface area contributed by atoms with Crippen LogP contribution in [0, 0.1) is 11.6 Å². The highest BCUT2D eigenvalue weighted by Crippen LogP contribution is 2.25. The minimum absolute atomic E-state index is 0. The first-order valence-electron chi connectivity index (χ1n) is 7.21. The Hall–Kier alpha value is -1.21. The molecule has 7 heteroatoms. The van der Waals surface area contributed by atoms with Gasteiger partial charge in [-0.15, -0.1) is 12.4 Å². The molecule has 0 saturated heterocycles. The van der Waals surface area contributed by atoms with E-state index in [0.717, 1.165) is 17.7 Å². The Morgan fingerprint density at radius 3 is 2.33 bits per heavy atom. The maximum Gasteiger partial charge on any atom is 0.190 e. The van der Waals surface area contributed by atoms with Crippen LogP contribution in [0.5, 0.6) is 5.75 Å². The van der Waals surface area contributed by atoms with Crippen molar-refractivity contribution in [1.82, 2.24) is 5.32 Å². The summed E-state index contributed by atoms with van der Waals surface area (Å²) >= 11 is 3.00. The highest BCUT2D eigenvalue weighted by atomic mass is 79.9. The smallest absolute Gasteiger partial charge is 0.190 e. The third-order valence-electron chi connectivity index (χ3n) is 3.34. The highest BCUT2D eigenvalue weighted by molar-refractivity contribution is 9.10. The zero-order valence-electron chi connectivity index (χ0n) is 13.0. The minimum atomic E-state index is -0.886. The monoisotopic (exact) mass is 421 g/mol. The Morgan fingerprint density at radius 1 is 1.17 bits per heavy atom. The van der Waals surface area contributed by atoms with Crippen LogP contribution in [0.2, 0.25) is 0 Å². The molecule has 2 atom stereocenters. The van der Waals surface area contributed by atoms with Gasteiger partial charge in [0.2, 0.25) is 0 Å². The summed E-state index contributed by atoms with van der Waals surface area (Å²) in [5.74, 6) is -2.10. The SMILES string of the molecule is CC(NCC(O)COc1c(F)cc(Br)cc1F)c1ccccc1.Cl. The number of ether oxygens (including phenoxy) is 1. The lowest BCUT2D eigenvalue weighted by atomic mass is 10.1. The lowest BCUT2D eigenvalue weighted by molar-refractivity contribution is 0.0993. The number of rotatable bonds is 7. The fourth-order valence-electron chi connectivity index (χ4n) is 2.08. The van der Waals surface area contributed by atoms with Crippen LogP contribution in [0.4, 0.5) is 8.78 Å². The highest BCUT2D eigenvalue weighted by Gasteiger charge is 2.15. The van der Waals surface area contributed by atoms with Gasteiger partial charge in [-0.3, -0.25) is 0 Å². The summed E-state index contributed by atoms with van der Waals surface area (Å²) in [6.07, 6.45) is -0.886. The first-order chi connectivity index (χ1) is 11.0. The first-order valence-corrected chi connectivity index (χ1v) is 8.00. The van der Waals surface area contributed by atoms with E-state index >= 15 is 0 Å². The summed E-state index contributed by atoms with van der Waals surface area (Å²) in [4.78, 5) is 0. The van der Waals surface area contributed by atoms with Gasteiger partial charge in [0.05, 0.1) is 0 Å². The van der Waals surface area contributed by atoms with Gasteiger partial charge in [0.25, 0.3) is 0 Å². The van der Waals surface area contributed by atoms with Crippen molar-refractivity contribution >= 4 is 28.3 Å². The lowest BCUT2D eigenvalue weighted by Gasteiger charge is -2.18. The van der Waals surface area contributed by atoms with Crippen molar-refractivity contribution in [1.29, 1.82) is 0 Å². The molecule has 0 saturated carbocycles. The second-order valence-corrected chi connectivity index (χ2v) is 6.12. The number of hydrogen-bond donors (Lipinski definition) is 2. The van der Waals surface area contributed by atoms with Gasteiger partial charge in [-0.25, -0.2) is 8.78 Å². The number of aliphatic hydroxyl groups is 1. The van der Waals surface area contributed by atoms with E-state index in [1.54, 1.807) is 0 Å². The quantitative estimate of drug-likeness (QED) is 0.701. The third kappa shape index (κ3) is 6.02. The largest absolute Gasteiger partial charge is 0.485 e. The van der Waals surface area contributed by atoms with Crippen molar-refractivity contribution in [3.8, 4) is 5.75 Å². The van der Waals surface area contributed by atoms with E-state index < -0.39 is 23.5 Å². The van der Waals surface area contributed by atoms with Gasteiger partial charge in [0, 0.05) is 17.1 Å².